The average Bonchev–Trinajstić information content (AvgIpc) is 3.22. The number of ether oxygens (including phenoxy) is 3. The maximum Gasteiger partial charge on any atom is 0.251 e. The van der Waals surface area contributed by atoms with Crippen LogP contribution in [-0.2, 0) is 11.3 Å². The average molecular weight is 443 g/mol. The third-order valence-electron chi connectivity index (χ3n) is 6.56. The summed E-state index contributed by atoms with van der Waals surface area (Å²) in [6, 6.07) is 12.1. The van der Waals surface area contributed by atoms with E-state index in [2.05, 4.69) is 10.2 Å². The van der Waals surface area contributed by atoms with E-state index in [9.17, 15) is 9.18 Å². The predicted molar refractivity (Wildman–Crippen MR) is 120 cm³/mol. The van der Waals surface area contributed by atoms with Gasteiger partial charge in [-0.15, -0.1) is 0 Å². The molecule has 32 heavy (non-hydrogen) atoms. The highest BCUT2D eigenvalue weighted by atomic mass is 19.1. The van der Waals surface area contributed by atoms with E-state index in [1.165, 1.54) is 6.07 Å². The minimum atomic E-state index is -0.175. The van der Waals surface area contributed by atoms with Crippen LogP contribution in [-0.4, -0.2) is 56.4 Å². The number of benzene rings is 2. The standard InChI is InChI=1S/C25H31FN2O4/c1-30-21-13-19(14-22(15-21)31-2)24(29)27-16-20-7-8-25(32-20)9-11-28(12-10-25)17-18-5-3-4-6-23(18)26/h3-6,13-15,20H,7-12,16-17H2,1-2H3,(H,27,29)/t20-/m0/s1. The lowest BCUT2D eigenvalue weighted by atomic mass is 9.88. The fraction of sp³-hybridized carbons (Fsp3) is 0.480. The van der Waals surface area contributed by atoms with Gasteiger partial charge >= 0.3 is 0 Å². The number of nitrogens with zero attached hydrogens (tertiary/aromatic N) is 1. The van der Waals surface area contributed by atoms with Crippen molar-refractivity contribution in [2.45, 2.75) is 43.9 Å². The van der Waals surface area contributed by atoms with Crippen molar-refractivity contribution in [3.8, 4) is 11.5 Å². The molecule has 0 aliphatic carbocycles. The molecule has 1 spiro atoms. The van der Waals surface area contributed by atoms with Crippen molar-refractivity contribution in [1.82, 2.24) is 10.2 Å². The number of piperidine rings is 1. The van der Waals surface area contributed by atoms with Gasteiger partial charge in [0.1, 0.15) is 17.3 Å². The summed E-state index contributed by atoms with van der Waals surface area (Å²) in [6.07, 6.45) is 3.78. The van der Waals surface area contributed by atoms with Crippen LogP contribution >= 0.6 is 0 Å². The second-order valence-corrected chi connectivity index (χ2v) is 8.64. The van der Waals surface area contributed by atoms with Crippen LogP contribution in [0.1, 0.15) is 41.6 Å². The van der Waals surface area contributed by atoms with Gasteiger partial charge < -0.3 is 19.5 Å². The Morgan fingerprint density at radius 2 is 1.81 bits per heavy atom. The second-order valence-electron chi connectivity index (χ2n) is 8.64. The van der Waals surface area contributed by atoms with Gasteiger partial charge in [-0.3, -0.25) is 9.69 Å². The fourth-order valence-corrected chi connectivity index (χ4v) is 4.64. The van der Waals surface area contributed by atoms with Gasteiger partial charge in [0.05, 0.1) is 25.9 Å². The summed E-state index contributed by atoms with van der Waals surface area (Å²) in [6.45, 7) is 2.87. The van der Waals surface area contributed by atoms with Crippen LogP contribution in [0, 0.1) is 5.82 Å². The quantitative estimate of drug-likeness (QED) is 0.707. The molecule has 0 saturated carbocycles. The molecule has 1 atom stereocenters. The number of carbonyl (C=O) groups is 1. The molecule has 2 aliphatic heterocycles. The lowest BCUT2D eigenvalue weighted by Crippen LogP contribution is -2.45. The van der Waals surface area contributed by atoms with Gasteiger partial charge in [-0.2, -0.15) is 0 Å². The van der Waals surface area contributed by atoms with Crippen molar-refractivity contribution in [3.05, 3.63) is 59.4 Å². The normalized spacial score (nSPS) is 20.3. The molecule has 0 unspecified atom stereocenters. The Balaban J connectivity index is 1.26. The number of hydrogen-bond acceptors (Lipinski definition) is 5. The van der Waals surface area contributed by atoms with Gasteiger partial charge in [-0.1, -0.05) is 18.2 Å². The monoisotopic (exact) mass is 442 g/mol. The van der Waals surface area contributed by atoms with Crippen LogP contribution in [0.4, 0.5) is 4.39 Å². The van der Waals surface area contributed by atoms with E-state index < -0.39 is 0 Å². The zero-order valence-electron chi connectivity index (χ0n) is 18.7. The number of nitrogens with one attached hydrogen (secondary N) is 1. The zero-order chi connectivity index (χ0) is 22.6. The Hall–Kier alpha value is -2.64. The van der Waals surface area contributed by atoms with E-state index in [1.54, 1.807) is 38.5 Å². The number of methoxy groups -OCH3 is 2. The van der Waals surface area contributed by atoms with E-state index in [4.69, 9.17) is 14.2 Å². The molecule has 7 heteroatoms. The maximum atomic E-state index is 13.9. The van der Waals surface area contributed by atoms with Crippen molar-refractivity contribution in [2.75, 3.05) is 33.9 Å². The SMILES string of the molecule is COc1cc(OC)cc(C(=O)NC[C@@H]2CCC3(CCN(Cc4ccccc4F)CC3)O2)c1. The molecule has 2 aromatic rings. The minimum absolute atomic E-state index is 0.00423. The summed E-state index contributed by atoms with van der Waals surface area (Å²) in [5.41, 5.74) is 1.11. The molecule has 2 aromatic carbocycles. The van der Waals surface area contributed by atoms with Crippen LogP contribution < -0.4 is 14.8 Å². The van der Waals surface area contributed by atoms with Gasteiger partial charge in [-0.25, -0.2) is 4.39 Å². The molecule has 2 fully saturated rings. The number of halogens is 1. The van der Waals surface area contributed by atoms with Gasteiger partial charge in [0.25, 0.3) is 5.91 Å². The number of hydrogen-bond donors (Lipinski definition) is 1. The highest BCUT2D eigenvalue weighted by Crippen LogP contribution is 2.39. The van der Waals surface area contributed by atoms with E-state index in [-0.39, 0.29) is 23.4 Å². The molecule has 1 amide bonds. The van der Waals surface area contributed by atoms with Crippen LogP contribution in [0.15, 0.2) is 42.5 Å². The number of likely N-dealkylation sites (tertiary alicyclic amines) is 1. The third kappa shape index (κ3) is 5.22. The highest BCUT2D eigenvalue weighted by Gasteiger charge is 2.42. The molecule has 172 valence electrons. The molecule has 1 N–H and O–H groups in total. The molecule has 0 radical (unpaired) electrons. The van der Waals surface area contributed by atoms with Crippen molar-refractivity contribution >= 4 is 5.91 Å². The maximum absolute atomic E-state index is 13.9. The number of amides is 1. The van der Waals surface area contributed by atoms with Crippen LogP contribution in [0.25, 0.3) is 0 Å². The summed E-state index contributed by atoms with van der Waals surface area (Å²) < 4.78 is 30.9. The molecular weight excluding hydrogens is 411 g/mol. The van der Waals surface area contributed by atoms with Crippen molar-refractivity contribution < 1.29 is 23.4 Å². The topological polar surface area (TPSA) is 60.0 Å². The summed E-state index contributed by atoms with van der Waals surface area (Å²) in [4.78, 5) is 14.9. The van der Waals surface area contributed by atoms with E-state index in [0.29, 0.717) is 30.2 Å². The fourth-order valence-electron chi connectivity index (χ4n) is 4.64. The summed E-state index contributed by atoms with van der Waals surface area (Å²) in [5, 5.41) is 2.99. The highest BCUT2D eigenvalue weighted by molar-refractivity contribution is 5.95. The number of rotatable bonds is 7. The Morgan fingerprint density at radius 3 is 2.47 bits per heavy atom. The van der Waals surface area contributed by atoms with Crippen LogP contribution in [0.3, 0.4) is 0 Å². The van der Waals surface area contributed by atoms with Crippen molar-refractivity contribution in [1.29, 1.82) is 0 Å². The van der Waals surface area contributed by atoms with E-state index >= 15 is 0 Å². The van der Waals surface area contributed by atoms with Gasteiger partial charge in [0, 0.05) is 43.4 Å². The van der Waals surface area contributed by atoms with E-state index in [0.717, 1.165) is 44.3 Å². The summed E-state index contributed by atoms with van der Waals surface area (Å²) >= 11 is 0. The molecule has 2 heterocycles. The molecule has 0 bridgehead atoms. The Morgan fingerprint density at radius 1 is 1.12 bits per heavy atom. The first-order chi connectivity index (χ1) is 15.5. The Kier molecular flexibility index (Phi) is 6.96. The van der Waals surface area contributed by atoms with Crippen molar-refractivity contribution in [2.24, 2.45) is 0 Å². The zero-order valence-corrected chi connectivity index (χ0v) is 18.7. The smallest absolute Gasteiger partial charge is 0.251 e. The van der Waals surface area contributed by atoms with Crippen LogP contribution in [0.2, 0.25) is 0 Å². The van der Waals surface area contributed by atoms with Gasteiger partial charge in [-0.05, 0) is 43.9 Å². The molecule has 6 nitrogen and oxygen atoms in total. The Labute approximate surface area is 188 Å². The van der Waals surface area contributed by atoms with E-state index in [1.807, 2.05) is 12.1 Å². The second kappa shape index (κ2) is 9.88. The summed E-state index contributed by atoms with van der Waals surface area (Å²) in [5.74, 6) is 0.834. The largest absolute Gasteiger partial charge is 0.497 e. The first kappa shape index (κ1) is 22.6. The lowest BCUT2D eigenvalue weighted by Gasteiger charge is -2.39. The summed E-state index contributed by atoms with van der Waals surface area (Å²) in [7, 11) is 3.12. The molecule has 0 aromatic heterocycles. The molecule has 2 saturated heterocycles. The van der Waals surface area contributed by atoms with Crippen LogP contribution in [0.5, 0.6) is 11.5 Å². The van der Waals surface area contributed by atoms with Gasteiger partial charge in [0.15, 0.2) is 0 Å². The minimum Gasteiger partial charge on any atom is -0.497 e. The predicted octanol–water partition coefficient (Wildman–Crippen LogP) is 3.79. The first-order valence-corrected chi connectivity index (χ1v) is 11.2. The van der Waals surface area contributed by atoms with Crippen molar-refractivity contribution in [3.63, 3.8) is 0 Å². The number of carbonyl (C=O) groups excluding carboxylic acids is 1. The van der Waals surface area contributed by atoms with Gasteiger partial charge in [0.2, 0.25) is 0 Å². The molecule has 2 aliphatic rings. The third-order valence-corrected chi connectivity index (χ3v) is 6.56. The first-order valence-electron chi connectivity index (χ1n) is 11.2. The molecule has 4 rings (SSSR count). The lowest BCUT2D eigenvalue weighted by molar-refractivity contribution is -0.0765. The Bertz CT molecular complexity index is 921. The molecular formula is C25H31FN2O4.